The maximum atomic E-state index is 4.24. The van der Waals surface area contributed by atoms with E-state index in [0.717, 1.165) is 29.0 Å². The van der Waals surface area contributed by atoms with E-state index >= 15 is 0 Å². The predicted molar refractivity (Wildman–Crippen MR) is 69.3 cm³/mol. The van der Waals surface area contributed by atoms with Gasteiger partial charge in [-0.3, -0.25) is 4.40 Å². The Morgan fingerprint density at radius 1 is 1.41 bits per heavy atom. The lowest BCUT2D eigenvalue weighted by Gasteiger charge is -2.21. The molecule has 1 aliphatic heterocycles. The topological polar surface area (TPSA) is 42.2 Å². The summed E-state index contributed by atoms with van der Waals surface area (Å²) >= 11 is 1.81. The van der Waals surface area contributed by atoms with E-state index in [4.69, 9.17) is 0 Å². The third-order valence-corrected chi connectivity index (χ3v) is 4.30. The van der Waals surface area contributed by atoms with Crippen molar-refractivity contribution in [2.75, 3.05) is 18.8 Å². The molecule has 1 unspecified atom stereocenters. The number of piperidine rings is 1. The maximum absolute atomic E-state index is 4.24. The van der Waals surface area contributed by atoms with Gasteiger partial charge in [-0.2, -0.15) is 0 Å². The second kappa shape index (κ2) is 5.06. The van der Waals surface area contributed by atoms with E-state index in [-0.39, 0.29) is 0 Å². The second-order valence-corrected chi connectivity index (χ2v) is 5.42. The van der Waals surface area contributed by atoms with Crippen molar-refractivity contribution in [3.63, 3.8) is 0 Å². The highest BCUT2D eigenvalue weighted by molar-refractivity contribution is 7.99. The third kappa shape index (κ3) is 2.45. The highest BCUT2D eigenvalue weighted by atomic mass is 32.2. The maximum Gasteiger partial charge on any atom is 0.195 e. The lowest BCUT2D eigenvalue weighted by molar-refractivity contribution is 0.410. The predicted octanol–water partition coefficient (Wildman–Crippen LogP) is 1.82. The quantitative estimate of drug-likeness (QED) is 0.841. The fraction of sp³-hybridized carbons (Fsp3) is 0.500. The monoisotopic (exact) mass is 248 g/mol. The molecule has 2 aromatic heterocycles. The standard InChI is InChI=1S/C12H16N4S/c1-2-7-16-11(5-1)14-15-12(16)17-9-10-4-3-6-13-8-10/h1-2,5,7,10,13H,3-4,6,8-9H2. The molecule has 2 aromatic rings. The van der Waals surface area contributed by atoms with Crippen molar-refractivity contribution in [1.82, 2.24) is 19.9 Å². The van der Waals surface area contributed by atoms with Crippen LogP contribution in [0.2, 0.25) is 0 Å². The minimum Gasteiger partial charge on any atom is -0.316 e. The van der Waals surface area contributed by atoms with E-state index in [1.54, 1.807) is 0 Å². The van der Waals surface area contributed by atoms with Crippen LogP contribution in [0.3, 0.4) is 0 Å². The van der Waals surface area contributed by atoms with Gasteiger partial charge in [-0.05, 0) is 44.0 Å². The molecule has 0 bridgehead atoms. The van der Waals surface area contributed by atoms with Gasteiger partial charge in [0, 0.05) is 11.9 Å². The fourth-order valence-corrected chi connectivity index (χ4v) is 3.24. The van der Waals surface area contributed by atoms with Gasteiger partial charge < -0.3 is 5.32 Å². The molecule has 1 N–H and O–H groups in total. The second-order valence-electron chi connectivity index (χ2n) is 4.43. The molecule has 3 heterocycles. The van der Waals surface area contributed by atoms with E-state index in [1.807, 2.05) is 36.2 Å². The molecular formula is C12H16N4S. The van der Waals surface area contributed by atoms with E-state index in [2.05, 4.69) is 19.9 Å². The average Bonchev–Trinajstić information content (AvgIpc) is 2.81. The summed E-state index contributed by atoms with van der Waals surface area (Å²) < 4.78 is 2.06. The van der Waals surface area contributed by atoms with Crippen molar-refractivity contribution in [3.8, 4) is 0 Å². The Morgan fingerprint density at radius 2 is 2.41 bits per heavy atom. The van der Waals surface area contributed by atoms with E-state index in [9.17, 15) is 0 Å². The van der Waals surface area contributed by atoms with Crippen LogP contribution in [0.5, 0.6) is 0 Å². The van der Waals surface area contributed by atoms with E-state index < -0.39 is 0 Å². The van der Waals surface area contributed by atoms with Gasteiger partial charge in [0.2, 0.25) is 0 Å². The Hall–Kier alpha value is -1.07. The lowest BCUT2D eigenvalue weighted by atomic mass is 10.0. The molecule has 5 heteroatoms. The van der Waals surface area contributed by atoms with E-state index in [0.29, 0.717) is 0 Å². The van der Waals surface area contributed by atoms with Crippen LogP contribution in [0.4, 0.5) is 0 Å². The Kier molecular flexibility index (Phi) is 3.29. The van der Waals surface area contributed by atoms with Gasteiger partial charge in [0.05, 0.1) is 0 Å². The van der Waals surface area contributed by atoms with Gasteiger partial charge in [-0.25, -0.2) is 0 Å². The summed E-state index contributed by atoms with van der Waals surface area (Å²) in [5.41, 5.74) is 0.928. The number of nitrogens with zero attached hydrogens (tertiary/aromatic N) is 3. The number of fused-ring (bicyclic) bond motifs is 1. The minimum absolute atomic E-state index is 0.768. The summed E-state index contributed by atoms with van der Waals surface area (Å²) in [6.07, 6.45) is 4.65. The molecule has 1 aliphatic rings. The SMILES string of the molecule is c1ccn2c(SCC3CCCNC3)nnc2c1. The van der Waals surface area contributed by atoms with Crippen molar-refractivity contribution in [3.05, 3.63) is 24.4 Å². The zero-order chi connectivity index (χ0) is 11.5. The highest BCUT2D eigenvalue weighted by Gasteiger charge is 2.14. The molecule has 0 amide bonds. The first-order valence-electron chi connectivity index (χ1n) is 6.07. The first kappa shape index (κ1) is 11.0. The van der Waals surface area contributed by atoms with Gasteiger partial charge in [0.1, 0.15) is 0 Å². The molecule has 0 spiro atoms. The minimum atomic E-state index is 0.768. The van der Waals surface area contributed by atoms with Gasteiger partial charge in [-0.15, -0.1) is 10.2 Å². The van der Waals surface area contributed by atoms with Crippen LogP contribution >= 0.6 is 11.8 Å². The van der Waals surface area contributed by atoms with Gasteiger partial charge in [0.15, 0.2) is 10.8 Å². The summed E-state index contributed by atoms with van der Waals surface area (Å²) in [5, 5.41) is 12.8. The Morgan fingerprint density at radius 3 is 3.29 bits per heavy atom. The number of hydrogen-bond acceptors (Lipinski definition) is 4. The van der Waals surface area contributed by atoms with Crippen molar-refractivity contribution < 1.29 is 0 Å². The molecule has 17 heavy (non-hydrogen) atoms. The summed E-state index contributed by atoms with van der Waals surface area (Å²) in [7, 11) is 0. The number of aromatic nitrogens is 3. The summed E-state index contributed by atoms with van der Waals surface area (Å²) in [6, 6.07) is 5.99. The van der Waals surface area contributed by atoms with Crippen LogP contribution < -0.4 is 5.32 Å². The van der Waals surface area contributed by atoms with Gasteiger partial charge in [-0.1, -0.05) is 17.8 Å². The third-order valence-electron chi connectivity index (χ3n) is 3.13. The molecule has 0 aliphatic carbocycles. The average molecular weight is 248 g/mol. The van der Waals surface area contributed by atoms with Crippen LogP contribution in [0.15, 0.2) is 29.6 Å². The highest BCUT2D eigenvalue weighted by Crippen LogP contribution is 2.22. The normalized spacial score (nSPS) is 20.8. The zero-order valence-electron chi connectivity index (χ0n) is 9.67. The molecule has 1 fully saturated rings. The summed E-state index contributed by atoms with van der Waals surface area (Å²) in [4.78, 5) is 0. The largest absolute Gasteiger partial charge is 0.316 e. The number of rotatable bonds is 3. The Balaban J connectivity index is 1.68. The number of pyridine rings is 1. The van der Waals surface area contributed by atoms with Gasteiger partial charge >= 0.3 is 0 Å². The molecule has 90 valence electrons. The van der Waals surface area contributed by atoms with Crippen LogP contribution in [0.25, 0.3) is 5.65 Å². The molecule has 1 saturated heterocycles. The molecule has 0 radical (unpaired) electrons. The first-order valence-corrected chi connectivity index (χ1v) is 7.05. The van der Waals surface area contributed by atoms with Gasteiger partial charge in [0.25, 0.3) is 0 Å². The van der Waals surface area contributed by atoms with E-state index in [1.165, 1.54) is 19.4 Å². The number of thioether (sulfide) groups is 1. The van der Waals surface area contributed by atoms with Crippen LogP contribution in [0.1, 0.15) is 12.8 Å². The van der Waals surface area contributed by atoms with Crippen molar-refractivity contribution in [2.24, 2.45) is 5.92 Å². The fourth-order valence-electron chi connectivity index (χ4n) is 2.18. The lowest BCUT2D eigenvalue weighted by Crippen LogP contribution is -2.30. The molecular weight excluding hydrogens is 232 g/mol. The summed E-state index contributed by atoms with van der Waals surface area (Å²) in [5.74, 6) is 1.90. The molecule has 1 atom stereocenters. The Labute approximate surface area is 105 Å². The zero-order valence-corrected chi connectivity index (χ0v) is 10.5. The molecule has 0 saturated carbocycles. The van der Waals surface area contributed by atoms with Crippen molar-refractivity contribution in [1.29, 1.82) is 0 Å². The number of hydrogen-bond donors (Lipinski definition) is 1. The molecule has 0 aromatic carbocycles. The van der Waals surface area contributed by atoms with Crippen LogP contribution in [-0.4, -0.2) is 33.4 Å². The molecule has 4 nitrogen and oxygen atoms in total. The van der Waals surface area contributed by atoms with Crippen molar-refractivity contribution >= 4 is 17.4 Å². The first-order chi connectivity index (χ1) is 8.43. The molecule has 3 rings (SSSR count). The smallest absolute Gasteiger partial charge is 0.195 e. The van der Waals surface area contributed by atoms with Crippen LogP contribution in [-0.2, 0) is 0 Å². The summed E-state index contributed by atoms with van der Waals surface area (Å²) in [6.45, 7) is 2.32. The van der Waals surface area contributed by atoms with Crippen LogP contribution in [0, 0.1) is 5.92 Å². The Bertz CT molecular complexity index is 490. The number of nitrogens with one attached hydrogen (secondary N) is 1. The van der Waals surface area contributed by atoms with Crippen molar-refractivity contribution in [2.45, 2.75) is 18.0 Å².